The van der Waals surface area contributed by atoms with Crippen LogP contribution >= 0.6 is 0 Å². The van der Waals surface area contributed by atoms with Gasteiger partial charge >= 0.3 is 59.1 Å². The van der Waals surface area contributed by atoms with Crippen LogP contribution < -0.4 is 0 Å². The molecule has 0 bridgehead atoms. The summed E-state index contributed by atoms with van der Waals surface area (Å²) in [6, 6.07) is 5.36. The van der Waals surface area contributed by atoms with Gasteiger partial charge in [-0.05, 0) is 35.0 Å². The first-order valence-corrected chi connectivity index (χ1v) is 7.69. The van der Waals surface area contributed by atoms with E-state index in [1.807, 2.05) is 0 Å². The third-order valence-corrected chi connectivity index (χ3v) is 4.20. The summed E-state index contributed by atoms with van der Waals surface area (Å²) in [6.45, 7) is 0. The van der Waals surface area contributed by atoms with Gasteiger partial charge in [-0.25, -0.2) is 0 Å². The minimum atomic E-state index is -4.58. The van der Waals surface area contributed by atoms with Crippen LogP contribution in [-0.4, -0.2) is 90.2 Å². The summed E-state index contributed by atoms with van der Waals surface area (Å²) in [4.78, 5) is -1.07. The van der Waals surface area contributed by atoms with Crippen LogP contribution in [0, 0.1) is 0 Å². The van der Waals surface area contributed by atoms with E-state index in [-0.39, 0.29) is 74.8 Å². The van der Waals surface area contributed by atoms with Crippen molar-refractivity contribution < 1.29 is 31.0 Å². The van der Waals surface area contributed by atoms with Gasteiger partial charge in [0.15, 0.2) is 0 Å². The van der Waals surface area contributed by atoms with Gasteiger partial charge in [0.1, 0.15) is 10.6 Å². The van der Waals surface area contributed by atoms with Crippen molar-refractivity contribution in [3.8, 4) is 5.75 Å². The van der Waals surface area contributed by atoms with Gasteiger partial charge in [0.25, 0.3) is 20.2 Å². The normalized spacial score (nSPS) is 11.5. The molecule has 2 aromatic rings. The average Bonchev–Trinajstić information content (AvgIpc) is 2.24. The van der Waals surface area contributed by atoms with Crippen molar-refractivity contribution in [1.29, 1.82) is 0 Å². The van der Waals surface area contributed by atoms with Crippen molar-refractivity contribution >= 4 is 90.1 Å². The number of hydrogen-bond acceptors (Lipinski definition) is 5. The summed E-state index contributed by atoms with van der Waals surface area (Å²) in [7, 11) is -8.98. The van der Waals surface area contributed by atoms with E-state index < -0.39 is 30.9 Å². The summed E-state index contributed by atoms with van der Waals surface area (Å²) < 4.78 is 61.6. The molecule has 0 unspecified atom stereocenters. The molecule has 0 aliphatic rings. The van der Waals surface area contributed by atoms with Crippen molar-refractivity contribution in [2.24, 2.45) is 0 Å². The van der Waals surface area contributed by atoms with E-state index in [1.165, 1.54) is 6.07 Å². The van der Waals surface area contributed by atoms with Gasteiger partial charge in [-0.2, -0.15) is 16.8 Å². The summed E-state index contributed by atoms with van der Waals surface area (Å²) in [5.41, 5.74) is 0. The first kappa shape index (κ1) is 21.3. The van der Waals surface area contributed by atoms with Crippen LogP contribution in [0.3, 0.4) is 0 Å². The monoisotopic (exact) mass is 352 g/mol. The Labute approximate surface area is 165 Å². The fourth-order valence-corrected chi connectivity index (χ4v) is 2.72. The Hall–Kier alpha value is 0.320. The number of aromatic hydroxyl groups is 1. The minimum absolute atomic E-state index is 0. The number of hydrogen-bond donors (Lipinski definition) is 3. The van der Waals surface area contributed by atoms with Crippen LogP contribution in [0.1, 0.15) is 0 Å². The number of rotatable bonds is 2. The zero-order valence-corrected chi connectivity index (χ0v) is 10.8. The number of fused-ring (bicyclic) bond motifs is 1. The molecule has 0 heterocycles. The van der Waals surface area contributed by atoms with E-state index in [0.29, 0.717) is 0 Å². The van der Waals surface area contributed by atoms with Crippen molar-refractivity contribution in [3.05, 3.63) is 30.3 Å². The van der Waals surface area contributed by atoms with Gasteiger partial charge in [0, 0.05) is 0 Å². The van der Waals surface area contributed by atoms with Crippen molar-refractivity contribution in [2.75, 3.05) is 0 Å². The fraction of sp³-hybridized carbons (Fsp3) is 0. The molecule has 0 amide bonds. The first-order chi connectivity index (χ1) is 8.59. The van der Waals surface area contributed by atoms with E-state index in [2.05, 4.69) is 0 Å². The van der Waals surface area contributed by atoms with Gasteiger partial charge in [-0.3, -0.25) is 9.11 Å². The molecule has 0 aliphatic carbocycles. The predicted octanol–water partition coefficient (Wildman–Crippen LogP) is -0.258. The second kappa shape index (κ2) is 7.26. The second-order valence-electron chi connectivity index (χ2n) is 3.78. The van der Waals surface area contributed by atoms with Gasteiger partial charge in [0.05, 0.1) is 4.90 Å². The Balaban J connectivity index is 0.00000200. The topological polar surface area (TPSA) is 129 Å². The summed E-state index contributed by atoms with van der Waals surface area (Å²) >= 11 is 0. The first-order valence-electron chi connectivity index (χ1n) is 4.81. The zero-order valence-electron chi connectivity index (χ0n) is 9.18. The van der Waals surface area contributed by atoms with E-state index in [4.69, 9.17) is 9.11 Å². The molecule has 106 valence electrons. The molecule has 11 heteroatoms. The molecule has 7 nitrogen and oxygen atoms in total. The van der Waals surface area contributed by atoms with Crippen molar-refractivity contribution in [3.63, 3.8) is 0 Å². The van der Waals surface area contributed by atoms with Crippen LogP contribution in [0.15, 0.2) is 40.1 Å². The summed E-state index contributed by atoms with van der Waals surface area (Å²) in [5, 5.41) is 9.96. The summed E-state index contributed by atoms with van der Waals surface area (Å²) in [5.74, 6) is -0.720. The van der Waals surface area contributed by atoms with Crippen molar-refractivity contribution in [2.45, 2.75) is 9.79 Å². The van der Waals surface area contributed by atoms with Gasteiger partial charge in [-0.15, -0.1) is 0 Å². The van der Waals surface area contributed by atoms with E-state index in [1.54, 1.807) is 0 Å². The van der Waals surface area contributed by atoms with E-state index in [0.717, 1.165) is 24.3 Å². The van der Waals surface area contributed by atoms with Gasteiger partial charge in [-0.1, -0.05) is 6.07 Å². The van der Waals surface area contributed by atoms with Crippen LogP contribution in [0.25, 0.3) is 10.8 Å². The number of phenolic OH excluding ortho intramolecular Hbond substituents is 1. The third kappa shape index (κ3) is 4.90. The van der Waals surface area contributed by atoms with Gasteiger partial charge < -0.3 is 5.11 Å². The number of benzene rings is 2. The molecule has 0 saturated heterocycles. The Morgan fingerprint density at radius 2 is 1.33 bits per heavy atom. The van der Waals surface area contributed by atoms with Gasteiger partial charge in [0.2, 0.25) is 0 Å². The molecule has 0 atom stereocenters. The molecular formula is C10H10Na2O7S2. The zero-order chi connectivity index (χ0) is 14.4. The standard InChI is InChI=1S/C10H8O7S2.2Na.2H/c11-9-4-7-3-8(18(12,13)14)2-1-6(7)5-10(9)19(15,16)17;;;;/h1-5,11H,(H,12,13,14)(H,15,16,17);;;;. The molecule has 3 N–H and O–H groups in total. The Morgan fingerprint density at radius 1 is 0.762 bits per heavy atom. The molecule has 2 aromatic carbocycles. The number of phenols is 1. The molecule has 2 rings (SSSR count). The SMILES string of the molecule is O=S(=O)(O)c1ccc2cc(S(=O)(=O)O)c(O)cc2c1.[NaH].[NaH]. The van der Waals surface area contributed by atoms with Crippen LogP contribution in [0.5, 0.6) is 5.75 Å². The van der Waals surface area contributed by atoms with Crippen LogP contribution in [0.2, 0.25) is 0 Å². The Kier molecular flexibility index (Phi) is 7.37. The molecule has 0 spiro atoms. The maximum atomic E-state index is 11.0. The molecule has 0 saturated carbocycles. The van der Waals surface area contributed by atoms with Crippen LogP contribution in [-0.2, 0) is 20.2 Å². The maximum absolute atomic E-state index is 11.0. The van der Waals surface area contributed by atoms with E-state index >= 15 is 0 Å². The Bertz CT molecular complexity index is 876. The molecule has 0 aliphatic heterocycles. The van der Waals surface area contributed by atoms with Crippen molar-refractivity contribution in [1.82, 2.24) is 0 Å². The van der Waals surface area contributed by atoms with E-state index in [9.17, 15) is 21.9 Å². The third-order valence-electron chi connectivity index (χ3n) is 2.47. The molecule has 0 aromatic heterocycles. The fourth-order valence-electron chi connectivity index (χ4n) is 1.61. The molecule has 0 fully saturated rings. The molecular weight excluding hydrogens is 342 g/mol. The predicted molar refractivity (Wildman–Crippen MR) is 79.5 cm³/mol. The summed E-state index contributed by atoms with van der Waals surface area (Å²) in [6.07, 6.45) is 0. The molecule has 0 radical (unpaired) electrons. The second-order valence-corrected chi connectivity index (χ2v) is 6.59. The Morgan fingerprint density at radius 3 is 1.81 bits per heavy atom. The quantitative estimate of drug-likeness (QED) is 0.502. The average molecular weight is 352 g/mol. The van der Waals surface area contributed by atoms with Crippen LogP contribution in [0.4, 0.5) is 0 Å². The molecule has 21 heavy (non-hydrogen) atoms.